The van der Waals surface area contributed by atoms with Gasteiger partial charge >= 0.3 is 10.4 Å². The second kappa shape index (κ2) is 6.19. The highest BCUT2D eigenvalue weighted by atomic mass is 32.3. The van der Waals surface area contributed by atoms with Crippen LogP contribution in [-0.2, 0) is 24.3 Å². The van der Waals surface area contributed by atoms with Crippen molar-refractivity contribution in [2.24, 2.45) is 0 Å². The summed E-state index contributed by atoms with van der Waals surface area (Å²) in [6.45, 7) is 0. The molecule has 0 unspecified atom stereocenters. The monoisotopic (exact) mass is 274 g/mol. The van der Waals surface area contributed by atoms with Gasteiger partial charge in [0.25, 0.3) is 11.8 Å². The van der Waals surface area contributed by atoms with Gasteiger partial charge in [-0.2, -0.15) is 8.42 Å². The van der Waals surface area contributed by atoms with Crippen LogP contribution in [0.15, 0.2) is 30.6 Å². The van der Waals surface area contributed by atoms with Crippen molar-refractivity contribution in [1.29, 1.82) is 0 Å². The van der Waals surface area contributed by atoms with Gasteiger partial charge in [-0.1, -0.05) is 6.07 Å². The molecule has 2 heterocycles. The Morgan fingerprint density at radius 1 is 1.11 bits per heavy atom. The van der Waals surface area contributed by atoms with Gasteiger partial charge in [-0.3, -0.25) is 19.1 Å². The first kappa shape index (κ1) is 14.2. The van der Waals surface area contributed by atoms with Crippen LogP contribution in [0.3, 0.4) is 0 Å². The summed E-state index contributed by atoms with van der Waals surface area (Å²) in [6.07, 6.45) is 3.29. The minimum Gasteiger partial charge on any atom is -0.272 e. The maximum absolute atomic E-state index is 10.7. The summed E-state index contributed by atoms with van der Waals surface area (Å²) >= 11 is 0. The molecule has 18 heavy (non-hydrogen) atoms. The molecule has 1 aliphatic heterocycles. The predicted molar refractivity (Wildman–Crippen MR) is 58.0 cm³/mol. The Morgan fingerprint density at radius 2 is 1.61 bits per heavy atom. The van der Waals surface area contributed by atoms with Crippen molar-refractivity contribution in [2.45, 2.75) is 12.8 Å². The van der Waals surface area contributed by atoms with Crippen LogP contribution in [-0.4, -0.2) is 34.8 Å². The third-order valence-corrected chi connectivity index (χ3v) is 2.08. The standard InChI is InChI=1S/C5H5N.C4H5NO6S/c1-2-4-6-5-3-1;6-3-1-2-4(7)5(3)11-12(8,9)10/h1-5H;1-2H2,(H,8,9,10). The Morgan fingerprint density at radius 3 is 1.89 bits per heavy atom. The molecule has 0 saturated carbocycles. The summed E-state index contributed by atoms with van der Waals surface area (Å²) in [5, 5.41) is 0.0370. The summed E-state index contributed by atoms with van der Waals surface area (Å²) < 4.78 is 31.9. The topological polar surface area (TPSA) is 114 Å². The number of nitrogens with zero attached hydrogens (tertiary/aromatic N) is 2. The fourth-order valence-corrected chi connectivity index (χ4v) is 1.40. The number of hydrogen-bond acceptors (Lipinski definition) is 6. The van der Waals surface area contributed by atoms with Crippen LogP contribution in [0.4, 0.5) is 0 Å². The van der Waals surface area contributed by atoms with Gasteiger partial charge in [-0.25, -0.2) is 0 Å². The number of carbonyl (C=O) groups is 2. The molecule has 0 aliphatic carbocycles. The van der Waals surface area contributed by atoms with E-state index >= 15 is 0 Å². The fourth-order valence-electron chi connectivity index (χ4n) is 1.05. The largest absolute Gasteiger partial charge is 0.419 e. The molecule has 9 heteroatoms. The Labute approximate surface area is 103 Å². The van der Waals surface area contributed by atoms with Crippen molar-refractivity contribution >= 4 is 22.2 Å². The number of rotatable bonds is 2. The van der Waals surface area contributed by atoms with Crippen molar-refractivity contribution in [3.63, 3.8) is 0 Å². The molecule has 8 nitrogen and oxygen atoms in total. The lowest BCUT2D eigenvalue weighted by molar-refractivity contribution is -0.165. The highest BCUT2D eigenvalue weighted by Gasteiger charge is 2.33. The van der Waals surface area contributed by atoms with E-state index < -0.39 is 22.2 Å². The average Bonchev–Trinajstić information content (AvgIpc) is 2.62. The second-order valence-electron chi connectivity index (χ2n) is 3.11. The van der Waals surface area contributed by atoms with Crippen LogP contribution in [0.2, 0.25) is 0 Å². The normalized spacial score (nSPS) is 15.3. The fraction of sp³-hybridized carbons (Fsp3) is 0.222. The quantitative estimate of drug-likeness (QED) is 0.594. The van der Waals surface area contributed by atoms with Crippen LogP contribution in [0.25, 0.3) is 0 Å². The minimum absolute atomic E-state index is 0.0370. The van der Waals surface area contributed by atoms with Crippen molar-refractivity contribution in [2.75, 3.05) is 0 Å². The highest BCUT2D eigenvalue weighted by molar-refractivity contribution is 7.80. The molecule has 1 aliphatic rings. The molecule has 98 valence electrons. The number of hydroxylamine groups is 2. The zero-order chi connectivity index (χ0) is 13.6. The molecule has 1 fully saturated rings. The van der Waals surface area contributed by atoms with E-state index in [9.17, 15) is 18.0 Å². The maximum Gasteiger partial charge on any atom is 0.419 e. The molecule has 0 spiro atoms. The van der Waals surface area contributed by atoms with E-state index in [1.165, 1.54) is 0 Å². The van der Waals surface area contributed by atoms with E-state index in [-0.39, 0.29) is 17.9 Å². The third kappa shape index (κ3) is 4.99. The van der Waals surface area contributed by atoms with Gasteiger partial charge in [0, 0.05) is 25.2 Å². The first-order valence-electron chi connectivity index (χ1n) is 4.78. The van der Waals surface area contributed by atoms with E-state index in [4.69, 9.17) is 4.55 Å². The Hall–Kier alpha value is -1.84. The number of carbonyl (C=O) groups excluding carboxylic acids is 2. The summed E-state index contributed by atoms with van der Waals surface area (Å²) in [5.41, 5.74) is 0. The first-order valence-corrected chi connectivity index (χ1v) is 6.14. The summed E-state index contributed by atoms with van der Waals surface area (Å²) in [5.74, 6) is -1.56. The number of hydrogen-bond donors (Lipinski definition) is 1. The van der Waals surface area contributed by atoms with Gasteiger partial charge in [-0.05, 0) is 12.1 Å². The molecule has 0 bridgehead atoms. The zero-order valence-corrected chi connectivity index (χ0v) is 9.91. The first-order chi connectivity index (χ1) is 8.40. The van der Waals surface area contributed by atoms with Crippen LogP contribution in [0.5, 0.6) is 0 Å². The molecule has 0 atom stereocenters. The molecular formula is C9H10N2O6S. The van der Waals surface area contributed by atoms with Crippen molar-refractivity contribution in [3.05, 3.63) is 30.6 Å². The number of pyridine rings is 1. The van der Waals surface area contributed by atoms with E-state index in [0.29, 0.717) is 0 Å². The highest BCUT2D eigenvalue weighted by Crippen LogP contribution is 2.13. The van der Waals surface area contributed by atoms with Crippen molar-refractivity contribution in [1.82, 2.24) is 10.0 Å². The lowest BCUT2D eigenvalue weighted by Gasteiger charge is -2.08. The molecule has 1 aromatic rings. The predicted octanol–water partition coefficient (Wildman–Crippen LogP) is -0.0486. The Kier molecular flexibility index (Phi) is 4.89. The molecule has 1 N–H and O–H groups in total. The van der Waals surface area contributed by atoms with Crippen LogP contribution < -0.4 is 0 Å². The van der Waals surface area contributed by atoms with Gasteiger partial charge in [0.15, 0.2) is 0 Å². The third-order valence-electron chi connectivity index (χ3n) is 1.74. The number of aromatic nitrogens is 1. The summed E-state index contributed by atoms with van der Waals surface area (Å²) in [7, 11) is -4.79. The molecular weight excluding hydrogens is 264 g/mol. The number of amides is 2. The van der Waals surface area contributed by atoms with Gasteiger partial charge in [0.1, 0.15) is 0 Å². The van der Waals surface area contributed by atoms with Gasteiger partial charge < -0.3 is 0 Å². The Bertz CT molecular complexity index is 472. The maximum atomic E-state index is 10.7. The minimum atomic E-state index is -4.79. The lowest BCUT2D eigenvalue weighted by Crippen LogP contribution is -2.31. The molecule has 0 radical (unpaired) electrons. The molecule has 1 saturated heterocycles. The van der Waals surface area contributed by atoms with E-state index in [0.717, 1.165) is 0 Å². The van der Waals surface area contributed by atoms with E-state index in [1.807, 2.05) is 18.2 Å². The second-order valence-corrected chi connectivity index (χ2v) is 4.11. The van der Waals surface area contributed by atoms with Gasteiger partial charge in [0.2, 0.25) is 0 Å². The van der Waals surface area contributed by atoms with Gasteiger partial charge in [0.05, 0.1) is 0 Å². The molecule has 2 rings (SSSR count). The van der Waals surface area contributed by atoms with Crippen LogP contribution in [0, 0.1) is 0 Å². The van der Waals surface area contributed by atoms with Crippen molar-refractivity contribution in [3.8, 4) is 0 Å². The summed E-state index contributed by atoms with van der Waals surface area (Å²) in [4.78, 5) is 25.1. The SMILES string of the molecule is O=C1CCC(=O)N1OS(=O)(=O)O.c1ccncc1. The lowest BCUT2D eigenvalue weighted by atomic mass is 10.4. The zero-order valence-electron chi connectivity index (χ0n) is 9.09. The average molecular weight is 274 g/mol. The molecule has 1 aromatic heterocycles. The molecule has 2 amide bonds. The summed E-state index contributed by atoms with van der Waals surface area (Å²) in [6, 6.07) is 5.72. The number of imide groups is 1. The van der Waals surface area contributed by atoms with E-state index in [1.54, 1.807) is 12.4 Å². The van der Waals surface area contributed by atoms with E-state index in [2.05, 4.69) is 9.27 Å². The van der Waals surface area contributed by atoms with Crippen molar-refractivity contribution < 1.29 is 26.8 Å². The van der Waals surface area contributed by atoms with Crippen LogP contribution in [0.1, 0.15) is 12.8 Å². The smallest absolute Gasteiger partial charge is 0.272 e. The van der Waals surface area contributed by atoms with Crippen LogP contribution >= 0.6 is 0 Å². The molecule has 0 aromatic carbocycles. The van der Waals surface area contributed by atoms with Gasteiger partial charge in [-0.15, -0.1) is 9.35 Å². The Balaban J connectivity index is 0.000000225.